The average molecular weight is 311 g/mol. The normalized spacial score (nSPS) is 10.8. The second kappa shape index (κ2) is 4.89. The largest absolute Gasteiger partial charge is 0.367 e. The van der Waals surface area contributed by atoms with Crippen LogP contribution in [0, 0.1) is 0 Å². The highest BCUT2D eigenvalue weighted by atomic mass is 35.5. The van der Waals surface area contributed by atoms with Gasteiger partial charge in [0.15, 0.2) is 0 Å². The first-order valence-corrected chi connectivity index (χ1v) is 7.00. The molecule has 0 spiro atoms. The molecule has 0 aliphatic rings. The summed E-state index contributed by atoms with van der Waals surface area (Å²) in [5, 5.41) is 4.00. The van der Waals surface area contributed by atoms with Crippen molar-refractivity contribution < 1.29 is 4.52 Å². The van der Waals surface area contributed by atoms with E-state index in [-0.39, 0.29) is 5.88 Å². The maximum Gasteiger partial charge on any atom is 0.230 e. The number of nitrogens with zero attached hydrogens (tertiary/aromatic N) is 1. The highest BCUT2D eigenvalue weighted by molar-refractivity contribution is 7.20. The molecular weight excluding hydrogens is 303 g/mol. The summed E-state index contributed by atoms with van der Waals surface area (Å²) < 4.78 is 6.26. The lowest BCUT2D eigenvalue weighted by atomic mass is 10.0. The van der Waals surface area contributed by atoms with Gasteiger partial charge in [0.1, 0.15) is 10.0 Å². The molecule has 6 heteroatoms. The molecule has 0 unspecified atom stereocenters. The van der Waals surface area contributed by atoms with E-state index < -0.39 is 0 Å². The summed E-state index contributed by atoms with van der Waals surface area (Å²) in [5.41, 5.74) is 8.87. The number of hydrogen-bond acceptors (Lipinski definition) is 4. The van der Waals surface area contributed by atoms with E-state index >= 15 is 0 Å². The minimum Gasteiger partial charge on any atom is -0.367 e. The van der Waals surface area contributed by atoms with Crippen LogP contribution in [0.5, 0.6) is 0 Å². The molecule has 0 fully saturated rings. The van der Waals surface area contributed by atoms with E-state index in [0.29, 0.717) is 14.4 Å². The zero-order chi connectivity index (χ0) is 13.4. The van der Waals surface area contributed by atoms with Gasteiger partial charge in [-0.2, -0.15) is 0 Å². The van der Waals surface area contributed by atoms with Gasteiger partial charge in [0.05, 0.1) is 9.90 Å². The maximum atomic E-state index is 6.16. The van der Waals surface area contributed by atoms with Crippen molar-refractivity contribution in [1.82, 2.24) is 5.16 Å². The van der Waals surface area contributed by atoms with Crippen LogP contribution in [0.3, 0.4) is 0 Å². The lowest BCUT2D eigenvalue weighted by Crippen LogP contribution is -1.86. The van der Waals surface area contributed by atoms with Crippen molar-refractivity contribution in [2.24, 2.45) is 0 Å². The van der Waals surface area contributed by atoms with E-state index in [4.69, 9.17) is 33.5 Å². The summed E-state index contributed by atoms with van der Waals surface area (Å²) in [7, 11) is 0. The Kier molecular flexibility index (Phi) is 3.22. The van der Waals surface area contributed by atoms with Crippen LogP contribution >= 0.6 is 34.5 Å². The summed E-state index contributed by atoms with van der Waals surface area (Å²) in [5.74, 6) is 0.264. The standard InChI is InChI=1S/C13H8Cl2N2OS/c14-9-6-8(12(15)19-9)11-10(13(16)18-17-11)7-4-2-1-3-5-7/h1-6H,16H2. The molecule has 19 heavy (non-hydrogen) atoms. The molecule has 0 saturated heterocycles. The second-order valence-electron chi connectivity index (χ2n) is 3.87. The van der Waals surface area contributed by atoms with Gasteiger partial charge in [0, 0.05) is 5.56 Å². The minimum atomic E-state index is 0.264. The molecule has 3 aromatic rings. The van der Waals surface area contributed by atoms with Crippen molar-refractivity contribution in [3.05, 3.63) is 45.1 Å². The van der Waals surface area contributed by atoms with E-state index in [1.165, 1.54) is 11.3 Å². The average Bonchev–Trinajstić information content (AvgIpc) is 2.93. The molecule has 2 aromatic heterocycles. The molecule has 3 rings (SSSR count). The number of thiophene rings is 1. The van der Waals surface area contributed by atoms with Gasteiger partial charge in [-0.05, 0) is 11.6 Å². The van der Waals surface area contributed by atoms with Crippen molar-refractivity contribution in [2.45, 2.75) is 0 Å². The number of aromatic nitrogens is 1. The molecule has 0 saturated carbocycles. The van der Waals surface area contributed by atoms with Crippen LogP contribution in [0.4, 0.5) is 5.88 Å². The third-order valence-corrected chi connectivity index (χ3v) is 4.18. The number of benzene rings is 1. The maximum absolute atomic E-state index is 6.16. The first-order valence-electron chi connectivity index (χ1n) is 5.42. The molecule has 3 nitrogen and oxygen atoms in total. The van der Waals surface area contributed by atoms with E-state index in [1.54, 1.807) is 6.07 Å². The van der Waals surface area contributed by atoms with Crippen molar-refractivity contribution in [3.63, 3.8) is 0 Å². The quantitative estimate of drug-likeness (QED) is 0.728. The number of halogens is 2. The minimum absolute atomic E-state index is 0.264. The zero-order valence-electron chi connectivity index (χ0n) is 9.56. The van der Waals surface area contributed by atoms with E-state index in [0.717, 1.165) is 16.7 Å². The van der Waals surface area contributed by atoms with Gasteiger partial charge in [-0.3, -0.25) is 0 Å². The van der Waals surface area contributed by atoms with Crippen LogP contribution in [0.1, 0.15) is 0 Å². The molecule has 0 atom stereocenters. The zero-order valence-corrected chi connectivity index (χ0v) is 11.9. The summed E-state index contributed by atoms with van der Waals surface area (Å²) in [4.78, 5) is 0. The van der Waals surface area contributed by atoms with Crippen LogP contribution in [0.2, 0.25) is 8.67 Å². The summed E-state index contributed by atoms with van der Waals surface area (Å²) >= 11 is 13.4. The molecule has 0 radical (unpaired) electrons. The van der Waals surface area contributed by atoms with Gasteiger partial charge >= 0.3 is 0 Å². The first-order chi connectivity index (χ1) is 9.16. The van der Waals surface area contributed by atoms with Gasteiger partial charge < -0.3 is 10.3 Å². The number of nitrogen functional groups attached to an aromatic ring is 1. The van der Waals surface area contributed by atoms with Crippen molar-refractivity contribution in [3.8, 4) is 22.4 Å². The fraction of sp³-hybridized carbons (Fsp3) is 0. The predicted octanol–water partition coefficient (Wildman–Crippen LogP) is 4.96. The van der Waals surface area contributed by atoms with Gasteiger partial charge in [0.2, 0.25) is 5.88 Å². The molecule has 2 heterocycles. The smallest absolute Gasteiger partial charge is 0.230 e. The molecule has 96 valence electrons. The summed E-state index contributed by atoms with van der Waals surface area (Å²) in [6.45, 7) is 0. The number of hydrogen-bond donors (Lipinski definition) is 1. The fourth-order valence-electron chi connectivity index (χ4n) is 1.87. The Balaban J connectivity index is 2.22. The van der Waals surface area contributed by atoms with Gasteiger partial charge in [-0.1, -0.05) is 58.7 Å². The Labute approximate surface area is 123 Å². The Morgan fingerprint density at radius 3 is 2.53 bits per heavy atom. The van der Waals surface area contributed by atoms with Crippen molar-refractivity contribution in [2.75, 3.05) is 5.73 Å². The predicted molar refractivity (Wildman–Crippen MR) is 79.7 cm³/mol. The third kappa shape index (κ3) is 2.23. The lowest BCUT2D eigenvalue weighted by molar-refractivity contribution is 0.439. The topological polar surface area (TPSA) is 52.0 Å². The Morgan fingerprint density at radius 1 is 1.16 bits per heavy atom. The van der Waals surface area contributed by atoms with Crippen LogP contribution in [0.25, 0.3) is 22.4 Å². The molecule has 0 aliphatic carbocycles. The number of nitrogens with two attached hydrogens (primary N) is 1. The molecular formula is C13H8Cl2N2OS. The Bertz CT molecular complexity index is 722. The van der Waals surface area contributed by atoms with Gasteiger partial charge in [0.25, 0.3) is 0 Å². The van der Waals surface area contributed by atoms with E-state index in [9.17, 15) is 0 Å². The monoisotopic (exact) mass is 310 g/mol. The Morgan fingerprint density at radius 2 is 1.89 bits per heavy atom. The van der Waals surface area contributed by atoms with Crippen LogP contribution in [0.15, 0.2) is 40.9 Å². The summed E-state index contributed by atoms with van der Waals surface area (Å²) in [6, 6.07) is 11.4. The highest BCUT2D eigenvalue weighted by Crippen LogP contribution is 2.43. The highest BCUT2D eigenvalue weighted by Gasteiger charge is 2.20. The molecule has 0 aliphatic heterocycles. The number of rotatable bonds is 2. The second-order valence-corrected chi connectivity index (χ2v) is 6.16. The van der Waals surface area contributed by atoms with Crippen LogP contribution < -0.4 is 5.73 Å². The lowest BCUT2D eigenvalue weighted by Gasteiger charge is -2.01. The van der Waals surface area contributed by atoms with Crippen molar-refractivity contribution >= 4 is 40.4 Å². The molecule has 1 aromatic carbocycles. The SMILES string of the molecule is Nc1onc(-c2cc(Cl)sc2Cl)c1-c1ccccc1. The van der Waals surface area contributed by atoms with Crippen LogP contribution in [-0.4, -0.2) is 5.16 Å². The van der Waals surface area contributed by atoms with Gasteiger partial charge in [-0.25, -0.2) is 0 Å². The third-order valence-electron chi connectivity index (χ3n) is 2.69. The fourth-order valence-corrected chi connectivity index (χ4v) is 3.34. The van der Waals surface area contributed by atoms with E-state index in [1.807, 2.05) is 30.3 Å². The van der Waals surface area contributed by atoms with Crippen LogP contribution in [-0.2, 0) is 0 Å². The molecule has 0 bridgehead atoms. The van der Waals surface area contributed by atoms with Crippen molar-refractivity contribution in [1.29, 1.82) is 0 Å². The number of anilines is 1. The molecule has 0 amide bonds. The van der Waals surface area contributed by atoms with Gasteiger partial charge in [-0.15, -0.1) is 11.3 Å². The van der Waals surface area contributed by atoms with E-state index in [2.05, 4.69) is 5.16 Å². The molecule has 2 N–H and O–H groups in total. The first kappa shape index (κ1) is 12.5. The Hall–Kier alpha value is -1.49. The summed E-state index contributed by atoms with van der Waals surface area (Å²) in [6.07, 6.45) is 0.